The summed E-state index contributed by atoms with van der Waals surface area (Å²) in [6.07, 6.45) is 3.77. The molecule has 19 heavy (non-hydrogen) atoms. The van der Waals surface area contributed by atoms with Gasteiger partial charge in [0.2, 0.25) is 0 Å². The first-order valence-electron chi connectivity index (χ1n) is 7.31. The zero-order valence-electron chi connectivity index (χ0n) is 12.4. The van der Waals surface area contributed by atoms with Gasteiger partial charge in [0.05, 0.1) is 6.61 Å². The van der Waals surface area contributed by atoms with Gasteiger partial charge in [-0.25, -0.2) is 0 Å². The Labute approximate surface area is 116 Å². The van der Waals surface area contributed by atoms with E-state index in [1.54, 1.807) is 0 Å². The maximum atomic E-state index is 6.00. The number of nitrogens with zero attached hydrogens (tertiary/aromatic N) is 1. The van der Waals surface area contributed by atoms with Crippen molar-refractivity contribution in [3.8, 4) is 5.75 Å². The average Bonchev–Trinajstić information content (AvgIpc) is 2.84. The van der Waals surface area contributed by atoms with Crippen molar-refractivity contribution in [2.24, 2.45) is 0 Å². The number of hydrogen-bond donors (Lipinski definition) is 1. The molecule has 1 N–H and O–H groups in total. The monoisotopic (exact) mass is 262 g/mol. The van der Waals surface area contributed by atoms with Crippen molar-refractivity contribution in [2.45, 2.75) is 38.3 Å². The minimum Gasteiger partial charge on any atom is -0.493 e. The van der Waals surface area contributed by atoms with Crippen LogP contribution in [0.15, 0.2) is 24.3 Å². The van der Waals surface area contributed by atoms with Crippen LogP contribution in [0.2, 0.25) is 0 Å². The van der Waals surface area contributed by atoms with Crippen LogP contribution in [0.3, 0.4) is 0 Å². The molecule has 1 aromatic carbocycles. The molecular formula is C16H26N2O. The first kappa shape index (κ1) is 14.4. The number of hydrogen-bond acceptors (Lipinski definition) is 3. The minimum atomic E-state index is 0.324. The van der Waals surface area contributed by atoms with Crippen molar-refractivity contribution in [1.29, 1.82) is 0 Å². The van der Waals surface area contributed by atoms with Crippen LogP contribution in [0.4, 0.5) is 0 Å². The minimum absolute atomic E-state index is 0.324. The predicted molar refractivity (Wildman–Crippen MR) is 79.7 cm³/mol. The first-order valence-corrected chi connectivity index (χ1v) is 7.31. The van der Waals surface area contributed by atoms with Crippen LogP contribution in [0.1, 0.15) is 37.8 Å². The first-order chi connectivity index (χ1) is 9.22. The second-order valence-electron chi connectivity index (χ2n) is 5.46. The van der Waals surface area contributed by atoms with E-state index in [1.807, 2.05) is 13.1 Å². The van der Waals surface area contributed by atoms with Gasteiger partial charge in [0.1, 0.15) is 5.75 Å². The molecule has 1 aliphatic heterocycles. The fourth-order valence-corrected chi connectivity index (χ4v) is 2.77. The van der Waals surface area contributed by atoms with Crippen LogP contribution in [0, 0.1) is 0 Å². The Kier molecular flexibility index (Phi) is 5.23. The van der Waals surface area contributed by atoms with Crippen molar-refractivity contribution in [3.63, 3.8) is 0 Å². The van der Waals surface area contributed by atoms with E-state index < -0.39 is 0 Å². The van der Waals surface area contributed by atoms with E-state index in [4.69, 9.17) is 4.74 Å². The molecule has 2 unspecified atom stereocenters. The van der Waals surface area contributed by atoms with Gasteiger partial charge in [0.15, 0.2) is 0 Å². The Hall–Kier alpha value is -1.06. The van der Waals surface area contributed by atoms with Gasteiger partial charge in [-0.1, -0.05) is 18.2 Å². The number of ether oxygens (including phenoxy) is 1. The third-order valence-corrected chi connectivity index (χ3v) is 4.20. The van der Waals surface area contributed by atoms with Gasteiger partial charge in [-0.2, -0.15) is 0 Å². The summed E-state index contributed by atoms with van der Waals surface area (Å²) in [5.74, 6) is 1.02. The Morgan fingerprint density at radius 2 is 2.21 bits per heavy atom. The van der Waals surface area contributed by atoms with Crippen molar-refractivity contribution in [3.05, 3.63) is 29.8 Å². The highest BCUT2D eigenvalue weighted by Gasteiger charge is 2.20. The van der Waals surface area contributed by atoms with Crippen LogP contribution >= 0.6 is 0 Å². The van der Waals surface area contributed by atoms with E-state index in [9.17, 15) is 0 Å². The molecule has 1 saturated heterocycles. The molecule has 2 atom stereocenters. The van der Waals surface area contributed by atoms with E-state index in [1.165, 1.54) is 24.9 Å². The van der Waals surface area contributed by atoms with Gasteiger partial charge in [0.25, 0.3) is 0 Å². The lowest BCUT2D eigenvalue weighted by Gasteiger charge is -2.21. The van der Waals surface area contributed by atoms with E-state index >= 15 is 0 Å². The largest absolute Gasteiger partial charge is 0.493 e. The molecule has 0 spiro atoms. The summed E-state index contributed by atoms with van der Waals surface area (Å²) in [6, 6.07) is 9.35. The standard InChI is InChI=1S/C16H26N2O/c1-13(17-2)15-8-4-5-9-16(15)19-12-10-14-7-6-11-18(14)3/h4-5,8-9,13-14,17H,6-7,10-12H2,1-3H3. The third kappa shape index (κ3) is 3.71. The second kappa shape index (κ2) is 6.92. The van der Waals surface area contributed by atoms with Crippen LogP contribution in [0.25, 0.3) is 0 Å². The van der Waals surface area contributed by atoms with E-state index in [0.717, 1.165) is 18.8 Å². The Morgan fingerprint density at radius 1 is 1.42 bits per heavy atom. The quantitative estimate of drug-likeness (QED) is 0.853. The Morgan fingerprint density at radius 3 is 2.89 bits per heavy atom. The van der Waals surface area contributed by atoms with E-state index in [2.05, 4.69) is 42.4 Å². The molecule has 1 aromatic rings. The van der Waals surface area contributed by atoms with E-state index in [0.29, 0.717) is 12.1 Å². The molecule has 2 rings (SSSR count). The van der Waals surface area contributed by atoms with Gasteiger partial charge in [-0.3, -0.25) is 0 Å². The van der Waals surface area contributed by atoms with Crippen LogP contribution in [0.5, 0.6) is 5.75 Å². The maximum absolute atomic E-state index is 6.00. The zero-order chi connectivity index (χ0) is 13.7. The van der Waals surface area contributed by atoms with Gasteiger partial charge in [-0.05, 0) is 52.9 Å². The normalized spacial score (nSPS) is 21.5. The lowest BCUT2D eigenvalue weighted by Crippen LogP contribution is -2.26. The number of likely N-dealkylation sites (tertiary alicyclic amines) is 1. The molecule has 0 saturated carbocycles. The SMILES string of the molecule is CNC(C)c1ccccc1OCCC1CCCN1C. The molecule has 3 heteroatoms. The summed E-state index contributed by atoms with van der Waals surface area (Å²) in [7, 11) is 4.20. The molecule has 1 heterocycles. The molecule has 1 fully saturated rings. The van der Waals surface area contributed by atoms with Crippen molar-refractivity contribution >= 4 is 0 Å². The lowest BCUT2D eigenvalue weighted by molar-refractivity contribution is 0.231. The molecule has 106 valence electrons. The van der Waals surface area contributed by atoms with Gasteiger partial charge < -0.3 is 15.0 Å². The summed E-state index contributed by atoms with van der Waals surface area (Å²) in [5.41, 5.74) is 1.24. The zero-order valence-corrected chi connectivity index (χ0v) is 12.4. The molecule has 1 aliphatic rings. The van der Waals surface area contributed by atoms with Crippen molar-refractivity contribution in [2.75, 3.05) is 27.2 Å². The topological polar surface area (TPSA) is 24.5 Å². The highest BCUT2D eigenvalue weighted by atomic mass is 16.5. The van der Waals surface area contributed by atoms with E-state index in [-0.39, 0.29) is 0 Å². The second-order valence-corrected chi connectivity index (χ2v) is 5.46. The molecular weight excluding hydrogens is 236 g/mol. The summed E-state index contributed by atoms with van der Waals surface area (Å²) in [4.78, 5) is 2.45. The Bertz CT molecular complexity index is 394. The number of para-hydroxylation sites is 1. The maximum Gasteiger partial charge on any atom is 0.124 e. The lowest BCUT2D eigenvalue weighted by atomic mass is 10.1. The average molecular weight is 262 g/mol. The Balaban J connectivity index is 1.88. The smallest absolute Gasteiger partial charge is 0.124 e. The number of rotatable bonds is 6. The van der Waals surface area contributed by atoms with Crippen molar-refractivity contribution in [1.82, 2.24) is 10.2 Å². The molecule has 0 aliphatic carbocycles. The summed E-state index contributed by atoms with van der Waals surface area (Å²) in [5, 5.41) is 3.27. The van der Waals surface area contributed by atoms with Crippen LogP contribution in [-0.2, 0) is 0 Å². The highest BCUT2D eigenvalue weighted by molar-refractivity contribution is 5.35. The third-order valence-electron chi connectivity index (χ3n) is 4.20. The molecule has 0 amide bonds. The number of nitrogens with one attached hydrogen (secondary N) is 1. The predicted octanol–water partition coefficient (Wildman–Crippen LogP) is 2.83. The molecule has 3 nitrogen and oxygen atoms in total. The fraction of sp³-hybridized carbons (Fsp3) is 0.625. The van der Waals surface area contributed by atoms with Gasteiger partial charge >= 0.3 is 0 Å². The number of benzene rings is 1. The summed E-state index contributed by atoms with van der Waals surface area (Å²) in [6.45, 7) is 4.20. The fourth-order valence-electron chi connectivity index (χ4n) is 2.77. The molecule has 0 bridgehead atoms. The summed E-state index contributed by atoms with van der Waals surface area (Å²) >= 11 is 0. The molecule has 0 aromatic heterocycles. The molecule has 0 radical (unpaired) electrons. The summed E-state index contributed by atoms with van der Waals surface area (Å²) < 4.78 is 6.00. The highest BCUT2D eigenvalue weighted by Crippen LogP contribution is 2.25. The van der Waals surface area contributed by atoms with Gasteiger partial charge in [0, 0.05) is 17.6 Å². The van der Waals surface area contributed by atoms with Gasteiger partial charge in [-0.15, -0.1) is 0 Å². The van der Waals surface area contributed by atoms with Crippen LogP contribution in [-0.4, -0.2) is 38.2 Å². The van der Waals surface area contributed by atoms with Crippen LogP contribution < -0.4 is 10.1 Å². The van der Waals surface area contributed by atoms with Crippen molar-refractivity contribution < 1.29 is 4.74 Å².